The average molecular weight is 279 g/mol. The normalized spacial score (nSPS) is 11.7. The van der Waals surface area contributed by atoms with Crippen molar-refractivity contribution in [3.63, 3.8) is 0 Å². The molecule has 0 amide bonds. The monoisotopic (exact) mass is 279 g/mol. The topological polar surface area (TPSA) is 37.3 Å². The van der Waals surface area contributed by atoms with Gasteiger partial charge in [0.1, 0.15) is 0 Å². The molecule has 2 heteroatoms. The Morgan fingerprint density at radius 2 is 1.40 bits per heavy atom. The molecule has 0 aromatic carbocycles. The minimum atomic E-state index is -0.675. The summed E-state index contributed by atoms with van der Waals surface area (Å²) in [6.45, 7) is 2.23. The maximum Gasteiger partial charge on any atom is 0.303 e. The van der Waals surface area contributed by atoms with E-state index in [9.17, 15) is 4.79 Å². The highest BCUT2D eigenvalue weighted by molar-refractivity contribution is 5.66. The first-order chi connectivity index (χ1) is 9.77. The molecular formula is C18H31O2. The second-order valence-corrected chi connectivity index (χ2v) is 5.24. The molecule has 0 rings (SSSR count). The van der Waals surface area contributed by atoms with Crippen molar-refractivity contribution in [3.05, 3.63) is 30.7 Å². The van der Waals surface area contributed by atoms with Gasteiger partial charge in [-0.25, -0.2) is 0 Å². The molecule has 0 unspecified atom stereocenters. The Kier molecular flexibility index (Phi) is 15.2. The van der Waals surface area contributed by atoms with Gasteiger partial charge in [-0.2, -0.15) is 0 Å². The molecule has 0 atom stereocenters. The fourth-order valence-electron chi connectivity index (χ4n) is 1.99. The van der Waals surface area contributed by atoms with E-state index in [1.54, 1.807) is 0 Å². The van der Waals surface area contributed by atoms with E-state index in [4.69, 9.17) is 5.11 Å². The molecule has 0 bridgehead atoms. The number of aliphatic carboxylic acids is 1. The van der Waals surface area contributed by atoms with Crippen LogP contribution in [0.1, 0.15) is 77.6 Å². The van der Waals surface area contributed by atoms with Crippen molar-refractivity contribution < 1.29 is 9.90 Å². The van der Waals surface area contributed by atoms with E-state index in [0.717, 1.165) is 25.7 Å². The van der Waals surface area contributed by atoms with E-state index in [2.05, 4.69) is 37.6 Å². The Morgan fingerprint density at radius 1 is 0.850 bits per heavy atom. The van der Waals surface area contributed by atoms with Gasteiger partial charge in [-0.3, -0.25) is 4.79 Å². The van der Waals surface area contributed by atoms with E-state index in [1.807, 2.05) is 0 Å². The minimum Gasteiger partial charge on any atom is -0.481 e. The fraction of sp³-hybridized carbons (Fsp3) is 0.667. The van der Waals surface area contributed by atoms with Crippen LogP contribution in [0.5, 0.6) is 0 Å². The molecule has 0 aliphatic rings. The number of allylic oxidation sites excluding steroid dienone is 4. The van der Waals surface area contributed by atoms with Gasteiger partial charge in [-0.15, -0.1) is 0 Å². The zero-order valence-corrected chi connectivity index (χ0v) is 13.0. The lowest BCUT2D eigenvalue weighted by atomic mass is 10.1. The summed E-state index contributed by atoms with van der Waals surface area (Å²) in [6, 6.07) is 0. The molecule has 0 spiro atoms. The predicted molar refractivity (Wildman–Crippen MR) is 86.7 cm³/mol. The quantitative estimate of drug-likeness (QED) is 0.414. The molecule has 1 N–H and O–H groups in total. The fourth-order valence-corrected chi connectivity index (χ4v) is 1.99. The minimum absolute atomic E-state index is 0.319. The van der Waals surface area contributed by atoms with Crippen molar-refractivity contribution in [2.24, 2.45) is 0 Å². The lowest BCUT2D eigenvalue weighted by Crippen LogP contribution is -1.93. The lowest BCUT2D eigenvalue weighted by molar-refractivity contribution is -0.137. The largest absolute Gasteiger partial charge is 0.481 e. The SMILES string of the molecule is CCCCC/C=C\[CH]/C=C\CCCCCCCC(=O)O. The van der Waals surface area contributed by atoms with Crippen LogP contribution < -0.4 is 0 Å². The predicted octanol–water partition coefficient (Wildman–Crippen LogP) is 5.70. The second-order valence-electron chi connectivity index (χ2n) is 5.24. The van der Waals surface area contributed by atoms with E-state index >= 15 is 0 Å². The Morgan fingerprint density at radius 3 is 2.00 bits per heavy atom. The third-order valence-corrected chi connectivity index (χ3v) is 3.23. The molecule has 115 valence electrons. The molecular weight excluding hydrogens is 248 g/mol. The van der Waals surface area contributed by atoms with E-state index in [1.165, 1.54) is 38.5 Å². The number of carboxylic acid groups (broad SMARTS) is 1. The maximum absolute atomic E-state index is 10.3. The first-order valence-corrected chi connectivity index (χ1v) is 8.14. The van der Waals surface area contributed by atoms with Gasteiger partial charge < -0.3 is 5.11 Å². The lowest BCUT2D eigenvalue weighted by Gasteiger charge is -1.98. The molecule has 0 aliphatic heterocycles. The summed E-state index contributed by atoms with van der Waals surface area (Å²) in [6.07, 6.45) is 22.8. The summed E-state index contributed by atoms with van der Waals surface area (Å²) in [5, 5.41) is 8.50. The summed E-state index contributed by atoms with van der Waals surface area (Å²) in [5.74, 6) is -0.675. The summed E-state index contributed by atoms with van der Waals surface area (Å²) in [4.78, 5) is 10.3. The first-order valence-electron chi connectivity index (χ1n) is 8.14. The molecule has 2 nitrogen and oxygen atoms in total. The van der Waals surface area contributed by atoms with Crippen LogP contribution >= 0.6 is 0 Å². The standard InChI is InChI=1S/C18H31O2/c1-2-3-4-5-6-7-8-9-10-11-12-13-14-15-16-17-18(19)20/h6-10H,2-5,11-17H2,1H3,(H,19,20)/b7-6-,10-9-. The van der Waals surface area contributed by atoms with Crippen LogP contribution in [0.4, 0.5) is 0 Å². The number of unbranched alkanes of at least 4 members (excludes halogenated alkanes) is 8. The molecule has 0 saturated carbocycles. The highest BCUT2D eigenvalue weighted by Crippen LogP contribution is 2.07. The highest BCUT2D eigenvalue weighted by Gasteiger charge is 1.95. The van der Waals surface area contributed by atoms with Gasteiger partial charge in [-0.1, -0.05) is 63.3 Å². The summed E-state index contributed by atoms with van der Waals surface area (Å²) >= 11 is 0. The molecule has 0 heterocycles. The first kappa shape index (κ1) is 18.9. The third kappa shape index (κ3) is 16.9. The Bertz CT molecular complexity index is 267. The zero-order chi connectivity index (χ0) is 14.9. The maximum atomic E-state index is 10.3. The van der Waals surface area contributed by atoms with Crippen molar-refractivity contribution in [1.82, 2.24) is 0 Å². The van der Waals surface area contributed by atoms with Gasteiger partial charge in [0.2, 0.25) is 0 Å². The van der Waals surface area contributed by atoms with E-state index in [-0.39, 0.29) is 0 Å². The van der Waals surface area contributed by atoms with Gasteiger partial charge in [0.05, 0.1) is 0 Å². The molecule has 0 aromatic rings. The zero-order valence-electron chi connectivity index (χ0n) is 13.0. The van der Waals surface area contributed by atoms with Crippen molar-refractivity contribution >= 4 is 5.97 Å². The molecule has 0 saturated heterocycles. The van der Waals surface area contributed by atoms with Crippen LogP contribution in [0.2, 0.25) is 0 Å². The number of hydrogen-bond acceptors (Lipinski definition) is 1. The third-order valence-electron chi connectivity index (χ3n) is 3.23. The van der Waals surface area contributed by atoms with E-state index in [0.29, 0.717) is 6.42 Å². The number of carbonyl (C=O) groups is 1. The van der Waals surface area contributed by atoms with Crippen LogP contribution in [0.15, 0.2) is 24.3 Å². The van der Waals surface area contributed by atoms with Gasteiger partial charge in [0.25, 0.3) is 0 Å². The molecule has 0 fully saturated rings. The van der Waals surface area contributed by atoms with Gasteiger partial charge >= 0.3 is 5.97 Å². The summed E-state index contributed by atoms with van der Waals surface area (Å²) < 4.78 is 0. The van der Waals surface area contributed by atoms with Gasteiger partial charge in [-0.05, 0) is 32.1 Å². The number of hydrogen-bond donors (Lipinski definition) is 1. The molecule has 20 heavy (non-hydrogen) atoms. The van der Waals surface area contributed by atoms with Gasteiger partial charge in [0.15, 0.2) is 0 Å². The highest BCUT2D eigenvalue weighted by atomic mass is 16.4. The van der Waals surface area contributed by atoms with Crippen LogP contribution in [-0.2, 0) is 4.79 Å². The van der Waals surface area contributed by atoms with Crippen LogP contribution in [0.25, 0.3) is 0 Å². The van der Waals surface area contributed by atoms with Crippen molar-refractivity contribution in [2.45, 2.75) is 77.6 Å². The smallest absolute Gasteiger partial charge is 0.303 e. The van der Waals surface area contributed by atoms with Crippen LogP contribution in [0, 0.1) is 6.42 Å². The Labute approximate surface area is 125 Å². The van der Waals surface area contributed by atoms with Crippen molar-refractivity contribution in [2.75, 3.05) is 0 Å². The van der Waals surface area contributed by atoms with Crippen molar-refractivity contribution in [1.29, 1.82) is 0 Å². The number of rotatable bonds is 14. The Hall–Kier alpha value is -1.05. The van der Waals surface area contributed by atoms with Gasteiger partial charge in [0, 0.05) is 12.8 Å². The summed E-state index contributed by atoms with van der Waals surface area (Å²) in [7, 11) is 0. The van der Waals surface area contributed by atoms with Crippen LogP contribution in [-0.4, -0.2) is 11.1 Å². The molecule has 0 aromatic heterocycles. The van der Waals surface area contributed by atoms with E-state index < -0.39 is 5.97 Å². The Balaban J connectivity index is 3.17. The van der Waals surface area contributed by atoms with Crippen LogP contribution in [0.3, 0.4) is 0 Å². The summed E-state index contributed by atoms with van der Waals surface area (Å²) in [5.41, 5.74) is 0. The molecule has 1 radical (unpaired) electrons. The molecule has 0 aliphatic carbocycles. The number of carboxylic acids is 1. The average Bonchev–Trinajstić information content (AvgIpc) is 2.43. The second kappa shape index (κ2) is 16.0. The van der Waals surface area contributed by atoms with Crippen molar-refractivity contribution in [3.8, 4) is 0 Å².